The Morgan fingerprint density at radius 2 is 2.07 bits per heavy atom. The first-order valence-corrected chi connectivity index (χ1v) is 15.7. The Bertz CT molecular complexity index is 1840. The van der Waals surface area contributed by atoms with Crippen LogP contribution in [0.25, 0.3) is 16.9 Å². The Hall–Kier alpha value is -4.18. The number of aliphatic hydroxyl groups excluding tert-OH is 1. The Morgan fingerprint density at radius 3 is 2.78 bits per heavy atom. The van der Waals surface area contributed by atoms with Crippen molar-refractivity contribution in [1.82, 2.24) is 19.5 Å². The molecule has 2 saturated heterocycles. The van der Waals surface area contributed by atoms with Crippen LogP contribution in [0.2, 0.25) is 0 Å². The van der Waals surface area contributed by atoms with Gasteiger partial charge < -0.3 is 34.6 Å². The minimum atomic E-state index is -1.18. The molecule has 0 saturated carbocycles. The van der Waals surface area contributed by atoms with Crippen LogP contribution < -0.4 is 9.64 Å². The summed E-state index contributed by atoms with van der Waals surface area (Å²) in [6, 6.07) is 4.12. The number of piperidine rings is 1. The van der Waals surface area contributed by atoms with Gasteiger partial charge >= 0.3 is 5.97 Å². The summed E-state index contributed by atoms with van der Waals surface area (Å²) in [5.41, 5.74) is 2.92. The lowest BCUT2D eigenvalue weighted by molar-refractivity contribution is -0.0452. The maximum absolute atomic E-state index is 12.5. The van der Waals surface area contributed by atoms with Crippen molar-refractivity contribution in [2.75, 3.05) is 38.3 Å². The number of aromatic hydroxyl groups is 1. The molecule has 5 aliphatic rings. The van der Waals surface area contributed by atoms with Gasteiger partial charge in [-0.05, 0) is 64.8 Å². The van der Waals surface area contributed by atoms with Crippen molar-refractivity contribution in [3.63, 3.8) is 0 Å². The number of nitrogens with zero attached hydrogens (tertiary/aromatic N) is 6. The fraction of sp³-hybridized carbons (Fsp3) is 0.515. The largest absolute Gasteiger partial charge is 0.504 e. The van der Waals surface area contributed by atoms with Crippen LogP contribution in [0.1, 0.15) is 58.9 Å². The van der Waals surface area contributed by atoms with Gasteiger partial charge in [0.15, 0.2) is 22.8 Å². The molecule has 2 bridgehead atoms. The van der Waals surface area contributed by atoms with Crippen LogP contribution in [0.4, 0.5) is 5.82 Å². The number of likely N-dealkylation sites (N-methyl/N-ethyl adjacent to an activating group) is 1. The van der Waals surface area contributed by atoms with Gasteiger partial charge in [0, 0.05) is 59.9 Å². The number of hydrogen-bond donors (Lipinski definition) is 3. The molecule has 1 spiro atoms. The highest BCUT2D eigenvalue weighted by molar-refractivity contribution is 5.91. The van der Waals surface area contributed by atoms with Gasteiger partial charge in [-0.2, -0.15) is 14.9 Å². The summed E-state index contributed by atoms with van der Waals surface area (Å²) in [4.78, 5) is 21.5. The van der Waals surface area contributed by atoms with E-state index in [1.807, 2.05) is 13.0 Å². The van der Waals surface area contributed by atoms with Crippen molar-refractivity contribution in [3.05, 3.63) is 46.2 Å². The molecule has 3 aliphatic heterocycles. The van der Waals surface area contributed by atoms with Crippen LogP contribution in [-0.2, 0) is 16.6 Å². The average Bonchev–Trinajstić information content (AvgIpc) is 3.58. The predicted molar refractivity (Wildman–Crippen MR) is 163 cm³/mol. The molecule has 3 aromatic rings. The molecule has 1 aromatic carbocycles. The van der Waals surface area contributed by atoms with E-state index in [1.165, 1.54) is 0 Å². The number of rotatable bonds is 5. The molecule has 8 rings (SSSR count). The average molecular weight is 613 g/mol. The van der Waals surface area contributed by atoms with Crippen LogP contribution in [0.15, 0.2) is 18.2 Å². The van der Waals surface area contributed by atoms with Crippen LogP contribution >= 0.6 is 0 Å². The number of carboxylic acid groups (broad SMARTS) is 1. The van der Waals surface area contributed by atoms with Gasteiger partial charge in [0.05, 0.1) is 0 Å². The van der Waals surface area contributed by atoms with Crippen molar-refractivity contribution in [1.29, 1.82) is 5.26 Å². The summed E-state index contributed by atoms with van der Waals surface area (Å²) in [5.74, 6) is -0.158. The van der Waals surface area contributed by atoms with Gasteiger partial charge in [-0.25, -0.2) is 9.78 Å². The highest BCUT2D eigenvalue weighted by Gasteiger charge is 2.64. The van der Waals surface area contributed by atoms with Crippen molar-refractivity contribution in [3.8, 4) is 28.8 Å². The summed E-state index contributed by atoms with van der Waals surface area (Å²) < 4.78 is 13.6. The molecular formula is C33H36N6O6. The minimum Gasteiger partial charge on any atom is -0.504 e. The quantitative estimate of drug-likeness (QED) is 0.364. The van der Waals surface area contributed by atoms with E-state index in [0.29, 0.717) is 54.6 Å². The zero-order chi connectivity index (χ0) is 31.4. The van der Waals surface area contributed by atoms with Crippen molar-refractivity contribution in [2.45, 2.75) is 69.2 Å². The smallest absolute Gasteiger partial charge is 0.354 e. The molecule has 234 valence electrons. The molecule has 45 heavy (non-hydrogen) atoms. The molecule has 3 N–H and O–H groups in total. The highest BCUT2D eigenvalue weighted by atomic mass is 16.5. The third-order valence-electron chi connectivity index (χ3n) is 11.1. The minimum absolute atomic E-state index is 0.0650. The number of likely N-dealkylation sites (tertiary alicyclic amines) is 1. The van der Waals surface area contributed by atoms with E-state index in [0.717, 1.165) is 36.9 Å². The van der Waals surface area contributed by atoms with E-state index in [1.54, 1.807) is 17.5 Å². The monoisotopic (exact) mass is 612 g/mol. The van der Waals surface area contributed by atoms with Gasteiger partial charge in [-0.15, -0.1) is 0 Å². The molecule has 12 nitrogen and oxygen atoms in total. The molecule has 2 aliphatic carbocycles. The van der Waals surface area contributed by atoms with Crippen LogP contribution in [-0.4, -0.2) is 98.4 Å². The second kappa shape index (κ2) is 9.91. The Labute approximate surface area is 260 Å². The molecule has 0 amide bonds. The van der Waals surface area contributed by atoms with Gasteiger partial charge in [-0.3, -0.25) is 0 Å². The number of nitriles is 1. The Kier molecular flexibility index (Phi) is 6.23. The number of ether oxygens (including phenoxy) is 2. The topological polar surface area (TPSA) is 157 Å². The summed E-state index contributed by atoms with van der Waals surface area (Å²) in [7, 11) is 2.11. The number of benzene rings is 1. The number of aliphatic hydroxyl groups is 1. The summed E-state index contributed by atoms with van der Waals surface area (Å²) in [5, 5.41) is 48.4. The number of anilines is 1. The predicted octanol–water partition coefficient (Wildman–Crippen LogP) is 2.79. The molecule has 2 fully saturated rings. The number of aromatic nitrogens is 3. The first-order valence-electron chi connectivity index (χ1n) is 15.7. The van der Waals surface area contributed by atoms with Crippen LogP contribution in [0.3, 0.4) is 0 Å². The van der Waals surface area contributed by atoms with E-state index in [9.17, 15) is 25.4 Å². The molecule has 0 unspecified atom stereocenters. The van der Waals surface area contributed by atoms with Gasteiger partial charge in [-0.1, -0.05) is 12.2 Å². The summed E-state index contributed by atoms with van der Waals surface area (Å²) >= 11 is 0. The lowest BCUT2D eigenvalue weighted by Crippen LogP contribution is -2.64. The van der Waals surface area contributed by atoms with E-state index in [-0.39, 0.29) is 40.7 Å². The number of phenols is 1. The number of phenolic OH excluding ortho intramolecular Hbond substituents is 1. The molecule has 0 radical (unpaired) electrons. The van der Waals surface area contributed by atoms with Gasteiger partial charge in [0.1, 0.15) is 35.4 Å². The second-order valence-corrected chi connectivity index (χ2v) is 13.0. The fourth-order valence-electron chi connectivity index (χ4n) is 9.06. The van der Waals surface area contributed by atoms with E-state index >= 15 is 0 Å². The summed E-state index contributed by atoms with van der Waals surface area (Å²) in [6.45, 7) is 6.40. The third kappa shape index (κ3) is 3.66. The van der Waals surface area contributed by atoms with Crippen molar-refractivity contribution >= 4 is 17.4 Å². The fourth-order valence-corrected chi connectivity index (χ4v) is 9.06. The first-order chi connectivity index (χ1) is 21.7. The Balaban J connectivity index is 1.40. The SMILES string of the molecule is CCN(c1c(C)c(C(=O)O)nc2c(C#N)c(-c3cc(O)c4c5c3C[C@@H]3[C@@H]6C=C[C@H](O)[C@H](O4)[C@]56CCN3C)nn12)C1CCOCC1. The zero-order valence-corrected chi connectivity index (χ0v) is 25.5. The number of hydrogen-bond acceptors (Lipinski definition) is 10. The first kappa shape index (κ1) is 28.3. The zero-order valence-electron chi connectivity index (χ0n) is 25.5. The lowest BCUT2D eigenvalue weighted by Gasteiger charge is -2.56. The third-order valence-corrected chi connectivity index (χ3v) is 11.1. The lowest BCUT2D eigenvalue weighted by atomic mass is 9.53. The van der Waals surface area contributed by atoms with Crippen molar-refractivity contribution < 1.29 is 29.6 Å². The highest BCUT2D eigenvalue weighted by Crippen LogP contribution is 2.63. The molecule has 5 heterocycles. The molecular weight excluding hydrogens is 576 g/mol. The second-order valence-electron chi connectivity index (χ2n) is 13.0. The number of aromatic carboxylic acids is 1. The maximum atomic E-state index is 12.5. The normalized spacial score (nSPS) is 28.5. The van der Waals surface area contributed by atoms with Gasteiger partial charge in [0.2, 0.25) is 0 Å². The van der Waals surface area contributed by atoms with E-state index in [2.05, 4.69) is 34.0 Å². The maximum Gasteiger partial charge on any atom is 0.354 e. The van der Waals surface area contributed by atoms with Crippen molar-refractivity contribution in [2.24, 2.45) is 5.92 Å². The molecule has 2 aromatic heterocycles. The van der Waals surface area contributed by atoms with Crippen LogP contribution in [0.5, 0.6) is 11.5 Å². The molecule has 12 heteroatoms. The molecule has 5 atom stereocenters. The van der Waals surface area contributed by atoms with E-state index < -0.39 is 23.6 Å². The number of carboxylic acids is 1. The number of carbonyl (C=O) groups is 1. The number of fused-ring (bicyclic) bond motifs is 1. The van der Waals surface area contributed by atoms with Gasteiger partial charge in [0.25, 0.3) is 0 Å². The van der Waals surface area contributed by atoms with E-state index in [4.69, 9.17) is 14.6 Å². The summed E-state index contributed by atoms with van der Waals surface area (Å²) in [6.07, 6.45) is 5.53. The van der Waals surface area contributed by atoms with Crippen LogP contribution in [0, 0.1) is 24.2 Å². The standard InChI is InChI=1S/C33H36N6O6/c1-4-38(17-7-11-44-12-8-17)31-16(2)26(32(42)43)35-30-20(15-34)27(36-39(30)31)19-14-24(41)28-25-18(19)13-22-21-5-6-23(40)29(45-28)33(21,25)9-10-37(22)3/h5-6,14,17,21-23,29,40-41H,4,7-13H2,1-3H3,(H,42,43)/t21-,22+,23-,29-,33-/m0/s1. The Morgan fingerprint density at radius 1 is 1.29 bits per heavy atom.